The molecule has 6 nitrogen and oxygen atoms in total. The summed E-state index contributed by atoms with van der Waals surface area (Å²) in [6.45, 7) is 5.64. The zero-order valence-corrected chi connectivity index (χ0v) is 13.1. The summed E-state index contributed by atoms with van der Waals surface area (Å²) < 4.78 is 0. The van der Waals surface area contributed by atoms with E-state index in [0.717, 1.165) is 11.4 Å². The van der Waals surface area contributed by atoms with Gasteiger partial charge in [-0.05, 0) is 32.4 Å². The largest absolute Gasteiger partial charge is 0.480 e. The fourth-order valence-electron chi connectivity index (χ4n) is 2.34. The fourth-order valence-corrected chi connectivity index (χ4v) is 3.69. The van der Waals surface area contributed by atoms with Crippen molar-refractivity contribution in [3.8, 4) is 0 Å². The van der Waals surface area contributed by atoms with Gasteiger partial charge in [0.2, 0.25) is 0 Å². The van der Waals surface area contributed by atoms with E-state index in [9.17, 15) is 14.7 Å². The lowest BCUT2D eigenvalue weighted by molar-refractivity contribution is -0.141. The number of aryl methyl sites for hydroxylation is 2. The van der Waals surface area contributed by atoms with Crippen LogP contribution in [0.25, 0.3) is 0 Å². The van der Waals surface area contributed by atoms with E-state index in [4.69, 9.17) is 0 Å². The molecule has 114 valence electrons. The van der Waals surface area contributed by atoms with Crippen LogP contribution >= 0.6 is 11.8 Å². The summed E-state index contributed by atoms with van der Waals surface area (Å²) in [5, 5.41) is 11.9. The summed E-state index contributed by atoms with van der Waals surface area (Å²) in [4.78, 5) is 29.5. The molecule has 0 radical (unpaired) electrons. The Morgan fingerprint density at radius 3 is 2.76 bits per heavy atom. The predicted molar refractivity (Wildman–Crippen MR) is 82.5 cm³/mol. The molecule has 1 fully saturated rings. The Morgan fingerprint density at radius 2 is 2.19 bits per heavy atom. The molecule has 21 heavy (non-hydrogen) atoms. The number of carbonyl (C=O) groups excluding carboxylic acids is 1. The second-order valence-electron chi connectivity index (χ2n) is 4.97. The quantitative estimate of drug-likeness (QED) is 0.896. The van der Waals surface area contributed by atoms with Crippen molar-refractivity contribution in [1.82, 2.24) is 9.88 Å². The molecule has 2 amide bonds. The minimum atomic E-state index is -0.965. The number of rotatable bonds is 3. The highest BCUT2D eigenvalue weighted by Crippen LogP contribution is 2.32. The average molecular weight is 309 g/mol. The monoisotopic (exact) mass is 309 g/mol. The fraction of sp³-hybridized carbons (Fsp3) is 0.500. The number of anilines is 1. The van der Waals surface area contributed by atoms with Crippen molar-refractivity contribution in [2.45, 2.75) is 38.6 Å². The van der Waals surface area contributed by atoms with Gasteiger partial charge in [-0.25, -0.2) is 9.59 Å². The summed E-state index contributed by atoms with van der Waals surface area (Å²) in [5.41, 5.74) is 2.20. The van der Waals surface area contributed by atoms with E-state index in [0.29, 0.717) is 17.9 Å². The molecule has 0 bridgehead atoms. The first-order valence-electron chi connectivity index (χ1n) is 6.82. The van der Waals surface area contributed by atoms with Crippen LogP contribution < -0.4 is 5.32 Å². The van der Waals surface area contributed by atoms with E-state index in [-0.39, 0.29) is 11.4 Å². The standard InChI is InChI=1S/C14H19N3O3S/c1-4-12-17(11(7-21-12)13(18)19)14(20)16-10-6-5-8(2)15-9(10)3/h5-6,11-12H,4,7H2,1-3H3,(H,16,20)(H,18,19). The van der Waals surface area contributed by atoms with Crippen LogP contribution in [-0.4, -0.2) is 44.2 Å². The zero-order valence-electron chi connectivity index (χ0n) is 12.3. The second kappa shape index (κ2) is 6.34. The maximum Gasteiger partial charge on any atom is 0.327 e. The number of aromatic nitrogens is 1. The lowest BCUT2D eigenvalue weighted by Crippen LogP contribution is -2.47. The Labute approximate surface area is 127 Å². The molecule has 2 atom stereocenters. The molecule has 2 rings (SSSR count). The minimum Gasteiger partial charge on any atom is -0.480 e. The smallest absolute Gasteiger partial charge is 0.327 e. The molecule has 2 heterocycles. The highest BCUT2D eigenvalue weighted by atomic mass is 32.2. The van der Waals surface area contributed by atoms with Crippen LogP contribution in [-0.2, 0) is 4.79 Å². The van der Waals surface area contributed by atoms with Crippen molar-refractivity contribution in [1.29, 1.82) is 0 Å². The molecule has 2 N–H and O–H groups in total. The Balaban J connectivity index is 2.18. The van der Waals surface area contributed by atoms with Crippen LogP contribution in [0.5, 0.6) is 0 Å². The summed E-state index contributed by atoms with van der Waals surface area (Å²) >= 11 is 1.50. The number of carboxylic acid groups (broad SMARTS) is 1. The summed E-state index contributed by atoms with van der Waals surface area (Å²) in [7, 11) is 0. The van der Waals surface area contributed by atoms with Gasteiger partial charge in [0.05, 0.1) is 16.8 Å². The van der Waals surface area contributed by atoms with Crippen LogP contribution in [0.15, 0.2) is 12.1 Å². The van der Waals surface area contributed by atoms with Gasteiger partial charge in [0.25, 0.3) is 0 Å². The first kappa shape index (κ1) is 15.6. The highest BCUT2D eigenvalue weighted by Gasteiger charge is 2.40. The van der Waals surface area contributed by atoms with Crippen LogP contribution in [0.1, 0.15) is 24.7 Å². The highest BCUT2D eigenvalue weighted by molar-refractivity contribution is 8.00. The molecule has 1 aliphatic rings. The lowest BCUT2D eigenvalue weighted by atomic mass is 10.2. The number of pyridine rings is 1. The number of amides is 2. The maximum absolute atomic E-state index is 12.4. The van der Waals surface area contributed by atoms with Gasteiger partial charge in [-0.15, -0.1) is 11.8 Å². The number of hydrogen-bond donors (Lipinski definition) is 2. The normalized spacial score (nSPS) is 21.4. The third kappa shape index (κ3) is 3.29. The van der Waals surface area contributed by atoms with E-state index in [1.54, 1.807) is 6.07 Å². The zero-order chi connectivity index (χ0) is 15.6. The van der Waals surface area contributed by atoms with Crippen molar-refractivity contribution in [2.24, 2.45) is 0 Å². The first-order chi connectivity index (χ1) is 9.93. The predicted octanol–water partition coefficient (Wildman–Crippen LogP) is 2.47. The van der Waals surface area contributed by atoms with Crippen molar-refractivity contribution in [3.05, 3.63) is 23.5 Å². The van der Waals surface area contributed by atoms with E-state index >= 15 is 0 Å². The molecule has 1 aromatic rings. The van der Waals surface area contributed by atoms with Crippen LogP contribution in [0.3, 0.4) is 0 Å². The Kier molecular flexibility index (Phi) is 4.72. The molecule has 1 aromatic heterocycles. The maximum atomic E-state index is 12.4. The van der Waals surface area contributed by atoms with Gasteiger partial charge in [0.1, 0.15) is 6.04 Å². The summed E-state index contributed by atoms with van der Waals surface area (Å²) in [5.74, 6) is -0.542. The Morgan fingerprint density at radius 1 is 1.48 bits per heavy atom. The number of carbonyl (C=O) groups is 2. The SMILES string of the molecule is CCC1SCC(C(=O)O)N1C(=O)Nc1ccc(C)nc1C. The number of hydrogen-bond acceptors (Lipinski definition) is 4. The van der Waals surface area contributed by atoms with Crippen LogP contribution in [0.2, 0.25) is 0 Å². The number of nitrogens with one attached hydrogen (secondary N) is 1. The third-order valence-electron chi connectivity index (χ3n) is 3.43. The number of carboxylic acids is 1. The van der Waals surface area contributed by atoms with Gasteiger partial charge < -0.3 is 10.4 Å². The van der Waals surface area contributed by atoms with Gasteiger partial charge in [-0.1, -0.05) is 6.92 Å². The molecule has 1 saturated heterocycles. The molecule has 0 saturated carbocycles. The van der Waals surface area contributed by atoms with Gasteiger partial charge in [-0.3, -0.25) is 9.88 Å². The molecule has 2 unspecified atom stereocenters. The second-order valence-corrected chi connectivity index (χ2v) is 6.18. The van der Waals surface area contributed by atoms with Gasteiger partial charge in [-0.2, -0.15) is 0 Å². The molecule has 1 aliphatic heterocycles. The van der Waals surface area contributed by atoms with E-state index in [1.807, 2.05) is 26.8 Å². The Bertz CT molecular complexity index is 564. The van der Waals surface area contributed by atoms with Crippen molar-refractivity contribution >= 4 is 29.4 Å². The minimum absolute atomic E-state index is 0.107. The van der Waals surface area contributed by atoms with Crippen LogP contribution in [0.4, 0.5) is 10.5 Å². The first-order valence-corrected chi connectivity index (χ1v) is 7.87. The van der Waals surface area contributed by atoms with Crippen molar-refractivity contribution in [3.63, 3.8) is 0 Å². The lowest BCUT2D eigenvalue weighted by Gasteiger charge is -2.27. The third-order valence-corrected chi connectivity index (χ3v) is 4.88. The van der Waals surface area contributed by atoms with E-state index in [2.05, 4.69) is 10.3 Å². The number of aliphatic carboxylic acids is 1. The molecule has 0 aliphatic carbocycles. The van der Waals surface area contributed by atoms with Gasteiger partial charge in [0, 0.05) is 11.4 Å². The van der Waals surface area contributed by atoms with E-state index in [1.165, 1.54) is 16.7 Å². The Hall–Kier alpha value is -1.76. The van der Waals surface area contributed by atoms with Crippen molar-refractivity contribution in [2.75, 3.05) is 11.1 Å². The molecule has 0 aromatic carbocycles. The topological polar surface area (TPSA) is 82.5 Å². The molecule has 0 spiro atoms. The van der Waals surface area contributed by atoms with E-state index < -0.39 is 12.0 Å². The number of nitrogens with zero attached hydrogens (tertiary/aromatic N) is 2. The van der Waals surface area contributed by atoms with Crippen LogP contribution in [0, 0.1) is 13.8 Å². The van der Waals surface area contributed by atoms with Gasteiger partial charge in [0.15, 0.2) is 0 Å². The summed E-state index contributed by atoms with van der Waals surface area (Å²) in [6.07, 6.45) is 0.715. The number of urea groups is 1. The van der Waals surface area contributed by atoms with Gasteiger partial charge >= 0.3 is 12.0 Å². The molecular weight excluding hydrogens is 290 g/mol. The molecule has 7 heteroatoms. The van der Waals surface area contributed by atoms with Crippen molar-refractivity contribution < 1.29 is 14.7 Å². The average Bonchev–Trinajstić information content (AvgIpc) is 2.86. The summed E-state index contributed by atoms with van der Waals surface area (Å²) in [6, 6.07) is 2.44. The molecular formula is C14H19N3O3S. The number of thioether (sulfide) groups is 1.